The first-order chi connectivity index (χ1) is 10.0. The molecule has 1 unspecified atom stereocenters. The molecule has 1 fully saturated rings. The van der Waals surface area contributed by atoms with E-state index in [0.29, 0.717) is 24.0 Å². The van der Waals surface area contributed by atoms with E-state index >= 15 is 0 Å². The number of hydrogen-bond acceptors (Lipinski definition) is 6. The largest absolute Gasteiger partial charge is 0.398 e. The van der Waals surface area contributed by atoms with Gasteiger partial charge in [0.25, 0.3) is 5.89 Å². The smallest absolute Gasteiger partial charge is 0.260 e. The standard InChI is InChI=1S/C15H20N4O2/c1-9-6-10(2)13(16)11(7-9)15-17-14(18-21-15)12-8-19(3)4-5-20-12/h6-7,12H,4-5,8,16H2,1-3H3. The molecule has 3 rings (SSSR count). The lowest BCUT2D eigenvalue weighted by Crippen LogP contribution is -2.35. The molecule has 1 aliphatic rings. The summed E-state index contributed by atoms with van der Waals surface area (Å²) in [5.74, 6) is 1.03. The van der Waals surface area contributed by atoms with Crippen LogP contribution in [0.25, 0.3) is 11.5 Å². The van der Waals surface area contributed by atoms with Gasteiger partial charge in [0.05, 0.1) is 12.2 Å². The zero-order valence-corrected chi connectivity index (χ0v) is 12.6. The Bertz CT molecular complexity index is 653. The van der Waals surface area contributed by atoms with Gasteiger partial charge in [-0.2, -0.15) is 4.98 Å². The van der Waals surface area contributed by atoms with Crippen LogP contribution in [-0.2, 0) is 4.74 Å². The Morgan fingerprint density at radius 2 is 2.14 bits per heavy atom. The summed E-state index contributed by atoms with van der Waals surface area (Å²) < 4.78 is 11.1. The van der Waals surface area contributed by atoms with Gasteiger partial charge in [-0.05, 0) is 38.1 Å². The summed E-state index contributed by atoms with van der Waals surface area (Å²) in [6, 6.07) is 4.00. The fourth-order valence-electron chi connectivity index (χ4n) is 2.56. The van der Waals surface area contributed by atoms with Gasteiger partial charge in [0.1, 0.15) is 6.10 Å². The Hall–Kier alpha value is -1.92. The highest BCUT2D eigenvalue weighted by Gasteiger charge is 2.25. The topological polar surface area (TPSA) is 77.4 Å². The van der Waals surface area contributed by atoms with E-state index in [4.69, 9.17) is 15.0 Å². The second-order valence-corrected chi connectivity index (χ2v) is 5.62. The molecule has 0 aliphatic carbocycles. The minimum absolute atomic E-state index is 0.145. The third-order valence-electron chi connectivity index (χ3n) is 3.76. The number of likely N-dealkylation sites (N-methyl/N-ethyl adjacent to an activating group) is 1. The van der Waals surface area contributed by atoms with Crippen LogP contribution >= 0.6 is 0 Å². The molecule has 1 atom stereocenters. The summed E-state index contributed by atoms with van der Waals surface area (Å²) in [5.41, 5.74) is 9.72. The minimum Gasteiger partial charge on any atom is -0.398 e. The van der Waals surface area contributed by atoms with Gasteiger partial charge in [-0.3, -0.25) is 0 Å². The van der Waals surface area contributed by atoms with Crippen molar-refractivity contribution in [2.24, 2.45) is 0 Å². The molecule has 1 aromatic carbocycles. The van der Waals surface area contributed by atoms with Crippen LogP contribution in [0.4, 0.5) is 5.69 Å². The molecule has 2 aromatic rings. The number of hydrogen-bond donors (Lipinski definition) is 1. The number of nitrogens with zero attached hydrogens (tertiary/aromatic N) is 3. The Labute approximate surface area is 123 Å². The third-order valence-corrected chi connectivity index (χ3v) is 3.76. The predicted octanol–water partition coefficient (Wildman–Crippen LogP) is 1.94. The fraction of sp³-hybridized carbons (Fsp3) is 0.467. The number of rotatable bonds is 2. The lowest BCUT2D eigenvalue weighted by atomic mass is 10.0. The first-order valence-corrected chi connectivity index (χ1v) is 7.05. The van der Waals surface area contributed by atoms with Crippen LogP contribution in [0.15, 0.2) is 16.7 Å². The first-order valence-electron chi connectivity index (χ1n) is 7.05. The van der Waals surface area contributed by atoms with Gasteiger partial charge in [0.15, 0.2) is 0 Å². The molecule has 1 saturated heterocycles. The third kappa shape index (κ3) is 2.77. The molecular formula is C15H20N4O2. The Balaban J connectivity index is 1.91. The van der Waals surface area contributed by atoms with E-state index in [1.54, 1.807) is 0 Å². The number of morpholine rings is 1. The van der Waals surface area contributed by atoms with E-state index in [2.05, 4.69) is 22.1 Å². The molecule has 112 valence electrons. The minimum atomic E-state index is -0.145. The Kier molecular flexibility index (Phi) is 3.65. The maximum absolute atomic E-state index is 6.13. The zero-order valence-electron chi connectivity index (χ0n) is 12.6. The molecule has 1 aromatic heterocycles. The monoisotopic (exact) mass is 288 g/mol. The van der Waals surface area contributed by atoms with E-state index < -0.39 is 0 Å². The molecule has 0 saturated carbocycles. The first kappa shape index (κ1) is 14.0. The number of aromatic nitrogens is 2. The SMILES string of the molecule is Cc1cc(C)c(N)c(-c2nc(C3CN(C)CCO3)no2)c1. The van der Waals surface area contributed by atoms with Crippen molar-refractivity contribution in [3.8, 4) is 11.5 Å². The maximum Gasteiger partial charge on any atom is 0.260 e. The maximum atomic E-state index is 6.13. The Morgan fingerprint density at radius 3 is 2.90 bits per heavy atom. The van der Waals surface area contributed by atoms with Crippen molar-refractivity contribution < 1.29 is 9.26 Å². The summed E-state index contributed by atoms with van der Waals surface area (Å²) in [4.78, 5) is 6.66. The fourth-order valence-corrected chi connectivity index (χ4v) is 2.56. The van der Waals surface area contributed by atoms with E-state index in [1.165, 1.54) is 0 Å². The van der Waals surface area contributed by atoms with Gasteiger partial charge in [-0.25, -0.2) is 0 Å². The van der Waals surface area contributed by atoms with E-state index in [-0.39, 0.29) is 6.10 Å². The van der Waals surface area contributed by atoms with Crippen LogP contribution in [0.2, 0.25) is 0 Å². The van der Waals surface area contributed by atoms with E-state index in [1.807, 2.05) is 26.0 Å². The van der Waals surface area contributed by atoms with Crippen LogP contribution in [0.1, 0.15) is 23.1 Å². The van der Waals surface area contributed by atoms with Crippen LogP contribution in [0, 0.1) is 13.8 Å². The molecule has 21 heavy (non-hydrogen) atoms. The molecule has 2 N–H and O–H groups in total. The van der Waals surface area contributed by atoms with Crippen LogP contribution < -0.4 is 5.73 Å². The van der Waals surface area contributed by atoms with Crippen molar-refractivity contribution in [2.45, 2.75) is 20.0 Å². The molecule has 0 radical (unpaired) electrons. The highest BCUT2D eigenvalue weighted by atomic mass is 16.5. The number of anilines is 1. The Morgan fingerprint density at radius 1 is 1.33 bits per heavy atom. The van der Waals surface area contributed by atoms with Crippen LogP contribution in [0.3, 0.4) is 0 Å². The van der Waals surface area contributed by atoms with Crippen LogP contribution in [-0.4, -0.2) is 41.8 Å². The normalized spacial score (nSPS) is 19.9. The lowest BCUT2D eigenvalue weighted by molar-refractivity contribution is -0.0264. The average Bonchev–Trinajstić information content (AvgIpc) is 2.92. The summed E-state index contributed by atoms with van der Waals surface area (Å²) >= 11 is 0. The molecule has 2 heterocycles. The second kappa shape index (κ2) is 5.46. The van der Waals surface area contributed by atoms with Gasteiger partial charge in [-0.15, -0.1) is 0 Å². The van der Waals surface area contributed by atoms with Gasteiger partial charge in [-0.1, -0.05) is 11.2 Å². The quantitative estimate of drug-likeness (QED) is 0.851. The summed E-state index contributed by atoms with van der Waals surface area (Å²) in [6.45, 7) is 6.36. The van der Waals surface area contributed by atoms with Gasteiger partial charge in [0.2, 0.25) is 5.82 Å². The number of ether oxygens (including phenoxy) is 1. The number of benzene rings is 1. The molecule has 0 amide bonds. The van der Waals surface area contributed by atoms with Crippen molar-refractivity contribution in [1.29, 1.82) is 0 Å². The van der Waals surface area contributed by atoms with Gasteiger partial charge in [0, 0.05) is 18.8 Å². The zero-order chi connectivity index (χ0) is 15.0. The number of nitrogens with two attached hydrogens (primary N) is 1. The van der Waals surface area contributed by atoms with Crippen molar-refractivity contribution in [3.63, 3.8) is 0 Å². The van der Waals surface area contributed by atoms with Crippen molar-refractivity contribution in [3.05, 3.63) is 29.1 Å². The summed E-state index contributed by atoms with van der Waals surface area (Å²) in [7, 11) is 2.05. The number of nitrogen functional groups attached to an aromatic ring is 1. The van der Waals surface area contributed by atoms with Crippen LogP contribution in [0.5, 0.6) is 0 Å². The van der Waals surface area contributed by atoms with Gasteiger partial charge >= 0.3 is 0 Å². The molecule has 6 heteroatoms. The summed E-state index contributed by atoms with van der Waals surface area (Å²) in [6.07, 6.45) is -0.145. The molecule has 0 bridgehead atoms. The predicted molar refractivity (Wildman–Crippen MR) is 79.8 cm³/mol. The van der Waals surface area contributed by atoms with Gasteiger partial charge < -0.3 is 19.9 Å². The van der Waals surface area contributed by atoms with Crippen molar-refractivity contribution in [2.75, 3.05) is 32.5 Å². The number of aryl methyl sites for hydroxylation is 2. The highest BCUT2D eigenvalue weighted by Crippen LogP contribution is 2.30. The van der Waals surface area contributed by atoms with E-state index in [9.17, 15) is 0 Å². The average molecular weight is 288 g/mol. The lowest BCUT2D eigenvalue weighted by Gasteiger charge is -2.27. The molecule has 6 nitrogen and oxygen atoms in total. The molecule has 1 aliphatic heterocycles. The van der Waals surface area contributed by atoms with Crippen molar-refractivity contribution >= 4 is 5.69 Å². The molecule has 0 spiro atoms. The van der Waals surface area contributed by atoms with E-state index in [0.717, 1.165) is 29.8 Å². The molecular weight excluding hydrogens is 268 g/mol. The summed E-state index contributed by atoms with van der Waals surface area (Å²) in [5, 5.41) is 4.06. The van der Waals surface area contributed by atoms with Crippen molar-refractivity contribution in [1.82, 2.24) is 15.0 Å². The second-order valence-electron chi connectivity index (χ2n) is 5.62. The highest BCUT2D eigenvalue weighted by molar-refractivity contribution is 5.74.